The van der Waals surface area contributed by atoms with Gasteiger partial charge in [-0.15, -0.1) is 0 Å². The van der Waals surface area contributed by atoms with Crippen molar-refractivity contribution in [2.45, 2.75) is 44.1 Å². The van der Waals surface area contributed by atoms with Gasteiger partial charge in [0, 0.05) is 9.52 Å². The molecule has 1 atom stereocenters. The largest absolute Gasteiger partial charge is 4.00 e. The summed E-state index contributed by atoms with van der Waals surface area (Å²) in [6, 6.07) is 9.01. The summed E-state index contributed by atoms with van der Waals surface area (Å²) in [4.78, 5) is 0. The van der Waals surface area contributed by atoms with E-state index in [1.165, 1.54) is 32.1 Å². The van der Waals surface area contributed by atoms with Crippen LogP contribution < -0.4 is 42.4 Å². The molecule has 116 valence electrons. The van der Waals surface area contributed by atoms with Crippen molar-refractivity contribution in [3.8, 4) is 0 Å². The number of hydrogen-bond donors (Lipinski definition) is 0. The molecule has 1 aromatic rings. The maximum atomic E-state index is 2.50. The second-order valence-corrected chi connectivity index (χ2v) is 7.86. The van der Waals surface area contributed by atoms with Gasteiger partial charge in [-0.05, 0) is 17.9 Å². The van der Waals surface area contributed by atoms with E-state index in [4.69, 9.17) is 0 Å². The number of halogens is 3. The first-order valence-electron chi connectivity index (χ1n) is 6.90. The summed E-state index contributed by atoms with van der Waals surface area (Å²) in [7, 11) is -0.188. The summed E-state index contributed by atoms with van der Waals surface area (Å²) < 4.78 is 0. The quantitative estimate of drug-likeness (QED) is 0.255. The Morgan fingerprint density at radius 3 is 2.24 bits per heavy atom. The SMILES string of the molecule is CCCCCC1([SiH2][c-]2cccc2)C=CC=CC1.[Cl-].[Cl-].[Cl-].[Ti+4]. The van der Waals surface area contributed by atoms with Crippen molar-refractivity contribution in [2.75, 3.05) is 0 Å². The third-order valence-corrected chi connectivity index (χ3v) is 6.25. The fourth-order valence-corrected chi connectivity index (χ4v) is 5.09. The molecule has 0 N–H and O–H groups in total. The van der Waals surface area contributed by atoms with Crippen LogP contribution in [-0.2, 0) is 21.7 Å². The van der Waals surface area contributed by atoms with Gasteiger partial charge in [-0.25, -0.2) is 12.1 Å². The Balaban J connectivity index is -0.000000810. The van der Waals surface area contributed by atoms with Crippen LogP contribution in [0.4, 0.5) is 0 Å². The van der Waals surface area contributed by atoms with E-state index in [1.807, 2.05) is 0 Å². The smallest absolute Gasteiger partial charge is 1.00 e. The Bertz CT molecular complexity index is 390. The summed E-state index contributed by atoms with van der Waals surface area (Å²) in [5.41, 5.74) is 0. The number of hydrogen-bond acceptors (Lipinski definition) is 0. The van der Waals surface area contributed by atoms with Gasteiger partial charge in [0.1, 0.15) is 0 Å². The maximum absolute atomic E-state index is 2.50. The van der Waals surface area contributed by atoms with Crippen LogP contribution >= 0.6 is 0 Å². The van der Waals surface area contributed by atoms with Crippen LogP contribution in [-0.4, -0.2) is 9.52 Å². The normalized spacial score (nSPS) is 19.3. The third-order valence-electron chi connectivity index (χ3n) is 3.79. The molecule has 0 saturated carbocycles. The van der Waals surface area contributed by atoms with Crippen LogP contribution in [0.3, 0.4) is 0 Å². The molecule has 0 nitrogen and oxygen atoms in total. The molecule has 1 aliphatic carbocycles. The molecular weight excluding hydrogens is 374 g/mol. The Hall–Kier alpha value is 0.631. The molecule has 21 heavy (non-hydrogen) atoms. The van der Waals surface area contributed by atoms with Gasteiger partial charge in [0.15, 0.2) is 0 Å². The second-order valence-electron chi connectivity index (χ2n) is 5.28. The molecule has 0 bridgehead atoms. The van der Waals surface area contributed by atoms with E-state index in [1.54, 1.807) is 5.19 Å². The van der Waals surface area contributed by atoms with Gasteiger partial charge in [-0.3, -0.25) is 0 Å². The molecule has 0 fully saturated rings. The van der Waals surface area contributed by atoms with Crippen LogP contribution in [0.5, 0.6) is 0 Å². The minimum Gasteiger partial charge on any atom is -1.00 e. The minimum absolute atomic E-state index is 0. The molecule has 0 aliphatic heterocycles. The van der Waals surface area contributed by atoms with E-state index in [0.29, 0.717) is 5.04 Å². The summed E-state index contributed by atoms with van der Waals surface area (Å²) in [6.45, 7) is 2.29. The standard InChI is InChI=1S/C16H23Si.3ClH.Ti/c1-2-3-7-12-16(13-8-4-9-14-16)17-15-10-5-6-11-15;;;;/h4-6,8-11,13H,2-3,7,12,14,17H2,1H3;3*1H;/q-1;;;;+4/p-3. The average molecular weight is 398 g/mol. The minimum atomic E-state index is -0.188. The summed E-state index contributed by atoms with van der Waals surface area (Å²) >= 11 is 0. The molecule has 0 amide bonds. The van der Waals surface area contributed by atoms with Crippen LogP contribution in [0.25, 0.3) is 0 Å². The first kappa shape index (κ1) is 26.5. The van der Waals surface area contributed by atoms with Gasteiger partial charge in [-0.2, -0.15) is 17.3 Å². The molecule has 0 spiro atoms. The Kier molecular flexibility index (Phi) is 18.0. The molecule has 1 aromatic carbocycles. The Morgan fingerprint density at radius 2 is 1.71 bits per heavy atom. The molecule has 0 heterocycles. The summed E-state index contributed by atoms with van der Waals surface area (Å²) in [6.07, 6.45) is 16.1. The van der Waals surface area contributed by atoms with Gasteiger partial charge in [-0.1, -0.05) is 50.5 Å². The van der Waals surface area contributed by atoms with E-state index in [9.17, 15) is 0 Å². The Labute approximate surface area is 165 Å². The van der Waals surface area contributed by atoms with Crippen molar-refractivity contribution >= 4 is 14.7 Å². The van der Waals surface area contributed by atoms with Crippen molar-refractivity contribution in [3.05, 3.63) is 48.6 Å². The average Bonchev–Trinajstić information content (AvgIpc) is 2.83. The van der Waals surface area contributed by atoms with Crippen LogP contribution in [0.1, 0.15) is 39.0 Å². The first-order valence-corrected chi connectivity index (χ1v) is 8.31. The first-order chi connectivity index (χ1) is 8.35. The molecule has 1 unspecified atom stereocenters. The zero-order chi connectivity index (χ0) is 12.0. The molecule has 0 saturated heterocycles. The third kappa shape index (κ3) is 8.74. The van der Waals surface area contributed by atoms with E-state index in [0.717, 1.165) is 0 Å². The van der Waals surface area contributed by atoms with Gasteiger partial charge in [0.05, 0.1) is 0 Å². The predicted molar refractivity (Wildman–Crippen MR) is 79.9 cm³/mol. The Morgan fingerprint density at radius 1 is 1.05 bits per heavy atom. The van der Waals surface area contributed by atoms with Gasteiger partial charge >= 0.3 is 21.7 Å². The van der Waals surface area contributed by atoms with Crippen molar-refractivity contribution in [1.82, 2.24) is 0 Å². The fraction of sp³-hybridized carbons (Fsp3) is 0.438. The molecular formula is C16H23Cl3SiTi. The van der Waals surface area contributed by atoms with Crippen molar-refractivity contribution in [3.63, 3.8) is 0 Å². The van der Waals surface area contributed by atoms with Crippen molar-refractivity contribution < 1.29 is 58.9 Å². The fourth-order valence-electron chi connectivity index (χ4n) is 2.78. The zero-order valence-corrected chi connectivity index (χ0v) is 17.7. The molecule has 0 aromatic heterocycles. The second kappa shape index (κ2) is 14.2. The van der Waals surface area contributed by atoms with Crippen molar-refractivity contribution in [1.29, 1.82) is 0 Å². The van der Waals surface area contributed by atoms with E-state index >= 15 is 0 Å². The maximum Gasteiger partial charge on any atom is 4.00 e. The van der Waals surface area contributed by atoms with Crippen molar-refractivity contribution in [2.24, 2.45) is 0 Å². The topological polar surface area (TPSA) is 0 Å². The molecule has 0 radical (unpaired) electrons. The van der Waals surface area contributed by atoms with E-state index in [-0.39, 0.29) is 68.5 Å². The number of unbranched alkanes of at least 4 members (excludes halogenated alkanes) is 2. The monoisotopic (exact) mass is 396 g/mol. The van der Waals surface area contributed by atoms with Gasteiger partial charge in [0.2, 0.25) is 0 Å². The molecule has 5 heteroatoms. The molecule has 1 aliphatic rings. The predicted octanol–water partition coefficient (Wildman–Crippen LogP) is -5.54. The van der Waals surface area contributed by atoms with Crippen LogP contribution in [0, 0.1) is 0 Å². The van der Waals surface area contributed by atoms with Gasteiger partial charge < -0.3 is 37.2 Å². The zero-order valence-electron chi connectivity index (χ0n) is 12.5. The number of rotatable bonds is 6. The summed E-state index contributed by atoms with van der Waals surface area (Å²) in [5, 5.41) is 2.15. The van der Waals surface area contributed by atoms with Crippen LogP contribution in [0.15, 0.2) is 48.6 Å². The number of allylic oxidation sites excluding steroid dienone is 4. The summed E-state index contributed by atoms with van der Waals surface area (Å²) in [5.74, 6) is 0. The van der Waals surface area contributed by atoms with E-state index < -0.39 is 0 Å². The van der Waals surface area contributed by atoms with E-state index in [2.05, 4.69) is 55.5 Å². The van der Waals surface area contributed by atoms with Crippen LogP contribution in [0.2, 0.25) is 5.04 Å². The molecule has 2 rings (SSSR count). The van der Waals surface area contributed by atoms with Gasteiger partial charge in [0.25, 0.3) is 0 Å².